The van der Waals surface area contributed by atoms with Gasteiger partial charge in [-0.3, -0.25) is 4.79 Å². The van der Waals surface area contributed by atoms with Gasteiger partial charge in [-0.05, 0) is 18.2 Å². The van der Waals surface area contributed by atoms with Crippen molar-refractivity contribution in [1.82, 2.24) is 4.98 Å². The molecule has 0 radical (unpaired) electrons. The molecule has 0 aliphatic heterocycles. The molecule has 0 saturated carbocycles. The van der Waals surface area contributed by atoms with Gasteiger partial charge in [0.15, 0.2) is 0 Å². The van der Waals surface area contributed by atoms with Crippen molar-refractivity contribution in [3.05, 3.63) is 29.8 Å². The van der Waals surface area contributed by atoms with Gasteiger partial charge in [0.05, 0.1) is 18.6 Å². The lowest BCUT2D eigenvalue weighted by atomic mass is 10.2. The van der Waals surface area contributed by atoms with Crippen molar-refractivity contribution in [3.63, 3.8) is 0 Å². The van der Waals surface area contributed by atoms with Crippen LogP contribution in [0.1, 0.15) is 0 Å². The van der Waals surface area contributed by atoms with Gasteiger partial charge in [0, 0.05) is 17.3 Å². The lowest BCUT2D eigenvalue weighted by Crippen LogP contribution is -2.14. The average Bonchev–Trinajstić information content (AvgIpc) is 2.90. The second-order valence-corrected chi connectivity index (χ2v) is 5.71. The fourth-order valence-corrected chi connectivity index (χ4v) is 2.86. The summed E-state index contributed by atoms with van der Waals surface area (Å²) in [6, 6.07) is 5.11. The molecule has 0 aliphatic carbocycles. The van der Waals surface area contributed by atoms with Crippen LogP contribution in [-0.2, 0) is 4.79 Å². The Morgan fingerprint density at radius 3 is 3.11 bits per heavy atom. The Bertz CT molecular complexity index is 558. The summed E-state index contributed by atoms with van der Waals surface area (Å²) in [6.45, 7) is 0. The normalized spacial score (nSPS) is 10.2. The first kappa shape index (κ1) is 13.7. The van der Waals surface area contributed by atoms with Crippen molar-refractivity contribution in [1.29, 1.82) is 0 Å². The molecule has 0 spiro atoms. The van der Waals surface area contributed by atoms with Gasteiger partial charge in [-0.1, -0.05) is 11.8 Å². The predicted molar refractivity (Wildman–Crippen MR) is 78.9 cm³/mol. The highest BCUT2D eigenvalue weighted by Crippen LogP contribution is 2.27. The zero-order valence-corrected chi connectivity index (χ0v) is 11.9. The average molecular weight is 295 g/mol. The molecule has 1 amide bonds. The number of nitrogens with two attached hydrogens (primary N) is 1. The number of hydrogen-bond acceptors (Lipinski definition) is 6. The number of thiazole rings is 1. The Morgan fingerprint density at radius 1 is 1.58 bits per heavy atom. The summed E-state index contributed by atoms with van der Waals surface area (Å²) in [5.41, 5.74) is 6.84. The maximum Gasteiger partial charge on any atom is 0.234 e. The molecule has 0 fully saturated rings. The van der Waals surface area contributed by atoms with Crippen LogP contribution < -0.4 is 15.8 Å². The summed E-state index contributed by atoms with van der Waals surface area (Å²) < 4.78 is 6.03. The summed E-state index contributed by atoms with van der Waals surface area (Å²) >= 11 is 2.90. The monoisotopic (exact) mass is 295 g/mol. The van der Waals surface area contributed by atoms with Crippen LogP contribution in [0.4, 0.5) is 11.4 Å². The first-order valence-corrected chi connectivity index (χ1v) is 7.31. The quantitative estimate of drug-likeness (QED) is 0.654. The maximum absolute atomic E-state index is 11.8. The van der Waals surface area contributed by atoms with Gasteiger partial charge in [0.1, 0.15) is 10.1 Å². The molecule has 5 nitrogen and oxygen atoms in total. The summed E-state index contributed by atoms with van der Waals surface area (Å²) in [4.78, 5) is 15.9. The van der Waals surface area contributed by atoms with E-state index < -0.39 is 0 Å². The number of nitrogens with zero attached hydrogens (tertiary/aromatic N) is 1. The van der Waals surface area contributed by atoms with Gasteiger partial charge in [-0.25, -0.2) is 4.98 Å². The topological polar surface area (TPSA) is 77.2 Å². The third kappa shape index (κ3) is 3.87. The molecule has 0 bridgehead atoms. The number of nitrogen functional groups attached to an aromatic ring is 1. The van der Waals surface area contributed by atoms with E-state index in [4.69, 9.17) is 10.5 Å². The van der Waals surface area contributed by atoms with E-state index in [2.05, 4.69) is 10.3 Å². The summed E-state index contributed by atoms with van der Waals surface area (Å²) in [6.07, 6.45) is 1.71. The zero-order valence-electron chi connectivity index (χ0n) is 10.3. The van der Waals surface area contributed by atoms with Gasteiger partial charge in [-0.15, -0.1) is 11.3 Å². The molecule has 19 heavy (non-hydrogen) atoms. The van der Waals surface area contributed by atoms with Crippen LogP contribution in [0.25, 0.3) is 0 Å². The Kier molecular flexibility index (Phi) is 4.64. The number of ether oxygens (including phenoxy) is 1. The molecule has 1 heterocycles. The minimum Gasteiger partial charge on any atom is -0.495 e. The molecule has 2 rings (SSSR count). The van der Waals surface area contributed by atoms with Crippen LogP contribution in [0, 0.1) is 0 Å². The second kappa shape index (κ2) is 6.44. The minimum atomic E-state index is -0.121. The second-order valence-electron chi connectivity index (χ2n) is 3.59. The standard InChI is InChI=1S/C12H13N3O2S2/c1-17-10-3-2-8(13)6-9(10)15-11(16)7-19-12-14-4-5-18-12/h2-6H,7,13H2,1H3,(H,15,16). The summed E-state index contributed by atoms with van der Waals surface area (Å²) in [5, 5.41) is 4.65. The number of anilines is 2. The van der Waals surface area contributed by atoms with Crippen LogP contribution in [0.3, 0.4) is 0 Å². The SMILES string of the molecule is COc1ccc(N)cc1NC(=O)CSc1nccs1. The highest BCUT2D eigenvalue weighted by Gasteiger charge is 2.09. The zero-order chi connectivity index (χ0) is 13.7. The molecule has 3 N–H and O–H groups in total. The van der Waals surface area contributed by atoms with E-state index in [1.165, 1.54) is 23.1 Å². The minimum absolute atomic E-state index is 0.121. The van der Waals surface area contributed by atoms with Crippen LogP contribution >= 0.6 is 23.1 Å². The van der Waals surface area contributed by atoms with Gasteiger partial charge >= 0.3 is 0 Å². The molecule has 100 valence electrons. The molecular weight excluding hydrogens is 282 g/mol. The molecule has 1 aromatic heterocycles. The van der Waals surface area contributed by atoms with E-state index >= 15 is 0 Å². The number of nitrogens with one attached hydrogen (secondary N) is 1. The third-order valence-electron chi connectivity index (χ3n) is 2.23. The number of carbonyl (C=O) groups excluding carboxylic acids is 1. The van der Waals surface area contributed by atoms with Crippen LogP contribution in [-0.4, -0.2) is 23.8 Å². The molecular formula is C12H13N3O2S2. The lowest BCUT2D eigenvalue weighted by molar-refractivity contribution is -0.113. The largest absolute Gasteiger partial charge is 0.495 e. The van der Waals surface area contributed by atoms with Gasteiger partial charge < -0.3 is 15.8 Å². The molecule has 0 saturated heterocycles. The number of aromatic nitrogens is 1. The van der Waals surface area contributed by atoms with Crippen molar-refractivity contribution >= 4 is 40.4 Å². The first-order chi connectivity index (χ1) is 9.19. The first-order valence-electron chi connectivity index (χ1n) is 5.44. The van der Waals surface area contributed by atoms with E-state index in [1.807, 2.05) is 5.38 Å². The molecule has 0 atom stereocenters. The van der Waals surface area contributed by atoms with E-state index in [1.54, 1.807) is 31.5 Å². The van der Waals surface area contributed by atoms with Gasteiger partial charge in [0.25, 0.3) is 0 Å². The molecule has 1 aromatic carbocycles. The van der Waals surface area contributed by atoms with Gasteiger partial charge in [0.2, 0.25) is 5.91 Å². The van der Waals surface area contributed by atoms with E-state index in [0.717, 1.165) is 4.34 Å². The number of thioether (sulfide) groups is 1. The number of amides is 1. The van der Waals surface area contributed by atoms with Crippen LogP contribution in [0.15, 0.2) is 34.1 Å². The number of carbonyl (C=O) groups is 1. The Morgan fingerprint density at radius 2 is 2.42 bits per heavy atom. The summed E-state index contributed by atoms with van der Waals surface area (Å²) in [5.74, 6) is 0.761. The van der Waals surface area contributed by atoms with E-state index in [-0.39, 0.29) is 5.91 Å². The number of hydrogen-bond donors (Lipinski definition) is 2. The Balaban J connectivity index is 1.96. The molecule has 0 aliphatic rings. The van der Waals surface area contributed by atoms with Crippen molar-refractivity contribution in [2.75, 3.05) is 23.9 Å². The van der Waals surface area contributed by atoms with Crippen molar-refractivity contribution in [3.8, 4) is 5.75 Å². The number of rotatable bonds is 5. The van der Waals surface area contributed by atoms with Crippen LogP contribution in [0.5, 0.6) is 5.75 Å². The highest BCUT2D eigenvalue weighted by molar-refractivity contribution is 8.01. The van der Waals surface area contributed by atoms with Crippen molar-refractivity contribution in [2.45, 2.75) is 4.34 Å². The predicted octanol–water partition coefficient (Wildman–Crippen LogP) is 2.46. The smallest absolute Gasteiger partial charge is 0.234 e. The lowest BCUT2D eigenvalue weighted by Gasteiger charge is -2.10. The van der Waals surface area contributed by atoms with Crippen molar-refractivity contribution < 1.29 is 9.53 Å². The number of methoxy groups -OCH3 is 1. The summed E-state index contributed by atoms with van der Waals surface area (Å²) in [7, 11) is 1.55. The fraction of sp³-hybridized carbons (Fsp3) is 0.167. The van der Waals surface area contributed by atoms with Crippen LogP contribution in [0.2, 0.25) is 0 Å². The highest BCUT2D eigenvalue weighted by atomic mass is 32.2. The molecule has 0 unspecified atom stereocenters. The third-order valence-corrected chi connectivity index (χ3v) is 4.20. The van der Waals surface area contributed by atoms with Gasteiger partial charge in [-0.2, -0.15) is 0 Å². The van der Waals surface area contributed by atoms with E-state index in [0.29, 0.717) is 22.9 Å². The number of benzene rings is 1. The molecule has 2 aromatic rings. The van der Waals surface area contributed by atoms with E-state index in [9.17, 15) is 4.79 Å². The van der Waals surface area contributed by atoms with Crippen molar-refractivity contribution in [2.24, 2.45) is 0 Å². The Hall–Kier alpha value is -1.73. The molecule has 7 heteroatoms. The fourth-order valence-electron chi connectivity index (χ4n) is 1.42. The maximum atomic E-state index is 11.8. The Labute approximate surface area is 119 Å².